The molecule has 5 rings (SSSR count). The van der Waals surface area contributed by atoms with Gasteiger partial charge in [-0.25, -0.2) is 0 Å². The minimum Gasteiger partial charge on any atom is -0.356 e. The highest BCUT2D eigenvalue weighted by molar-refractivity contribution is 5.76. The van der Waals surface area contributed by atoms with Gasteiger partial charge in [0.15, 0.2) is 0 Å². The summed E-state index contributed by atoms with van der Waals surface area (Å²) in [7, 11) is 0. The molecule has 156 valence electrons. The first-order chi connectivity index (χ1) is 15.8. The summed E-state index contributed by atoms with van der Waals surface area (Å²) in [6.45, 7) is 2.30. The van der Waals surface area contributed by atoms with E-state index in [1.54, 1.807) is 0 Å². The number of hydrogen-bond acceptors (Lipinski definition) is 1. The van der Waals surface area contributed by atoms with Crippen molar-refractivity contribution < 1.29 is 0 Å². The van der Waals surface area contributed by atoms with Crippen LogP contribution in [0.5, 0.6) is 0 Å². The molecule has 1 nitrogen and oxygen atoms in total. The summed E-state index contributed by atoms with van der Waals surface area (Å²) in [4.78, 5) is 0. The summed E-state index contributed by atoms with van der Waals surface area (Å²) in [6, 6.07) is 36.6. The van der Waals surface area contributed by atoms with Gasteiger partial charge in [0.05, 0.1) is 0 Å². The van der Waals surface area contributed by atoms with Crippen molar-refractivity contribution in [3.05, 3.63) is 127 Å². The highest BCUT2D eigenvalue weighted by atomic mass is 14.9. The Morgan fingerprint density at radius 2 is 1.16 bits per heavy atom. The lowest BCUT2D eigenvalue weighted by Gasteiger charge is -2.18. The Balaban J connectivity index is 1.31. The summed E-state index contributed by atoms with van der Waals surface area (Å²) in [5.41, 5.74) is 9.87. The first-order valence-corrected chi connectivity index (χ1v) is 11.3. The molecule has 1 atom stereocenters. The highest BCUT2D eigenvalue weighted by Crippen LogP contribution is 2.32. The fourth-order valence-electron chi connectivity index (χ4n) is 4.29. The maximum atomic E-state index is 3.51. The lowest BCUT2D eigenvalue weighted by Crippen LogP contribution is -2.00. The third-order valence-electron chi connectivity index (χ3n) is 6.13. The Morgan fingerprint density at radius 1 is 0.594 bits per heavy atom. The third-order valence-corrected chi connectivity index (χ3v) is 6.13. The van der Waals surface area contributed by atoms with Crippen LogP contribution in [-0.2, 0) is 0 Å². The number of anilines is 2. The Morgan fingerprint density at radius 3 is 1.81 bits per heavy atom. The monoisotopic (exact) mass is 413 g/mol. The van der Waals surface area contributed by atoms with Crippen LogP contribution in [0.3, 0.4) is 0 Å². The van der Waals surface area contributed by atoms with E-state index in [-0.39, 0.29) is 0 Å². The zero-order valence-corrected chi connectivity index (χ0v) is 18.3. The van der Waals surface area contributed by atoms with Crippen LogP contribution in [-0.4, -0.2) is 0 Å². The number of benzene rings is 4. The molecule has 0 amide bonds. The quantitative estimate of drug-likeness (QED) is 0.345. The molecule has 0 aliphatic heterocycles. The van der Waals surface area contributed by atoms with Crippen molar-refractivity contribution in [3.63, 3.8) is 0 Å². The smallest absolute Gasteiger partial charge is 0.0384 e. The van der Waals surface area contributed by atoms with E-state index in [1.807, 2.05) is 6.07 Å². The molecule has 1 unspecified atom stereocenters. The molecule has 0 aromatic heterocycles. The summed E-state index contributed by atoms with van der Waals surface area (Å²) >= 11 is 0. The summed E-state index contributed by atoms with van der Waals surface area (Å²) < 4.78 is 0. The van der Waals surface area contributed by atoms with E-state index in [4.69, 9.17) is 0 Å². The van der Waals surface area contributed by atoms with E-state index in [0.29, 0.717) is 5.92 Å². The average Bonchev–Trinajstić information content (AvgIpc) is 2.86. The molecule has 0 radical (unpaired) electrons. The topological polar surface area (TPSA) is 12.0 Å². The molecular weight excluding hydrogens is 386 g/mol. The fraction of sp³-hybridized carbons (Fsp3) is 0.0968. The Hall–Kier alpha value is -3.84. The van der Waals surface area contributed by atoms with Crippen LogP contribution in [0.25, 0.3) is 27.8 Å². The molecule has 1 aliphatic rings. The van der Waals surface area contributed by atoms with E-state index >= 15 is 0 Å². The van der Waals surface area contributed by atoms with E-state index in [2.05, 4.69) is 128 Å². The van der Waals surface area contributed by atoms with Crippen molar-refractivity contribution in [2.45, 2.75) is 13.3 Å². The summed E-state index contributed by atoms with van der Waals surface area (Å²) in [5.74, 6) is 0.565. The molecule has 4 aromatic carbocycles. The van der Waals surface area contributed by atoms with Crippen LogP contribution in [0.1, 0.15) is 18.9 Å². The average molecular weight is 414 g/mol. The molecule has 1 aliphatic carbocycles. The number of rotatable bonds is 5. The van der Waals surface area contributed by atoms with Crippen LogP contribution in [0, 0.1) is 5.92 Å². The predicted molar refractivity (Wildman–Crippen MR) is 138 cm³/mol. The second-order valence-corrected chi connectivity index (χ2v) is 8.41. The van der Waals surface area contributed by atoms with Crippen LogP contribution in [0.15, 0.2) is 121 Å². The fourth-order valence-corrected chi connectivity index (χ4v) is 4.29. The van der Waals surface area contributed by atoms with Crippen molar-refractivity contribution >= 4 is 16.9 Å². The molecular formula is C31H27N. The van der Waals surface area contributed by atoms with E-state index in [1.165, 1.54) is 33.4 Å². The maximum absolute atomic E-state index is 3.51. The first kappa shape index (κ1) is 20.1. The Labute approximate surface area is 190 Å². The van der Waals surface area contributed by atoms with Gasteiger partial charge in [0.2, 0.25) is 0 Å². The molecule has 1 N–H and O–H groups in total. The maximum Gasteiger partial charge on any atom is 0.0384 e. The van der Waals surface area contributed by atoms with Gasteiger partial charge >= 0.3 is 0 Å². The number of allylic oxidation sites excluding steroid dienone is 4. The first-order valence-electron chi connectivity index (χ1n) is 11.3. The lowest BCUT2D eigenvalue weighted by molar-refractivity contribution is 0.758. The van der Waals surface area contributed by atoms with Crippen molar-refractivity contribution in [1.29, 1.82) is 0 Å². The molecule has 0 bridgehead atoms. The van der Waals surface area contributed by atoms with E-state index in [0.717, 1.165) is 17.8 Å². The predicted octanol–water partition coefficient (Wildman–Crippen LogP) is 8.74. The molecule has 32 heavy (non-hydrogen) atoms. The van der Waals surface area contributed by atoms with Gasteiger partial charge in [0.25, 0.3) is 0 Å². The summed E-state index contributed by atoms with van der Waals surface area (Å²) in [5, 5.41) is 3.51. The van der Waals surface area contributed by atoms with Crippen molar-refractivity contribution in [2.24, 2.45) is 5.92 Å². The normalized spacial score (nSPS) is 15.3. The molecule has 1 heteroatoms. The van der Waals surface area contributed by atoms with Gasteiger partial charge in [-0.15, -0.1) is 0 Å². The minimum atomic E-state index is 0.565. The SMILES string of the molecule is CC1CC=CC=C1c1cccc(-c2ccc(Nc3ccc(-c4ccccc4)cc3)cc2)c1. The minimum absolute atomic E-state index is 0.565. The highest BCUT2D eigenvalue weighted by Gasteiger charge is 2.12. The van der Waals surface area contributed by atoms with Gasteiger partial charge in [-0.2, -0.15) is 0 Å². The standard InChI is InChI=1S/C31H27N/c1-23-8-5-6-13-31(23)28-12-7-11-27(22-28)26-16-20-30(21-17-26)32-29-18-14-25(15-19-29)24-9-3-2-4-10-24/h2-7,9-23,32H,8H2,1H3. The Kier molecular flexibility index (Phi) is 5.72. The molecule has 0 heterocycles. The van der Waals surface area contributed by atoms with Gasteiger partial charge in [0, 0.05) is 11.4 Å². The van der Waals surface area contributed by atoms with Crippen LogP contribution in [0.2, 0.25) is 0 Å². The van der Waals surface area contributed by atoms with Crippen LogP contribution < -0.4 is 5.32 Å². The van der Waals surface area contributed by atoms with E-state index in [9.17, 15) is 0 Å². The van der Waals surface area contributed by atoms with Gasteiger partial charge in [-0.1, -0.05) is 97.9 Å². The van der Waals surface area contributed by atoms with Crippen molar-refractivity contribution in [2.75, 3.05) is 5.32 Å². The zero-order chi connectivity index (χ0) is 21.8. The molecule has 0 saturated heterocycles. The van der Waals surface area contributed by atoms with E-state index < -0.39 is 0 Å². The zero-order valence-electron chi connectivity index (χ0n) is 18.3. The largest absolute Gasteiger partial charge is 0.356 e. The molecule has 4 aromatic rings. The second-order valence-electron chi connectivity index (χ2n) is 8.41. The molecule has 0 fully saturated rings. The number of nitrogens with one attached hydrogen (secondary N) is 1. The summed E-state index contributed by atoms with van der Waals surface area (Å²) in [6.07, 6.45) is 7.79. The number of hydrogen-bond donors (Lipinski definition) is 1. The molecule has 0 saturated carbocycles. The van der Waals surface area contributed by atoms with Crippen molar-refractivity contribution in [3.8, 4) is 22.3 Å². The van der Waals surface area contributed by atoms with Gasteiger partial charge in [0.1, 0.15) is 0 Å². The van der Waals surface area contributed by atoms with Crippen LogP contribution >= 0.6 is 0 Å². The van der Waals surface area contributed by atoms with Crippen molar-refractivity contribution in [1.82, 2.24) is 0 Å². The third kappa shape index (κ3) is 4.43. The molecule has 0 spiro atoms. The van der Waals surface area contributed by atoms with Gasteiger partial charge in [-0.3, -0.25) is 0 Å². The van der Waals surface area contributed by atoms with Gasteiger partial charge in [-0.05, 0) is 76.1 Å². The van der Waals surface area contributed by atoms with Crippen LogP contribution in [0.4, 0.5) is 11.4 Å². The Bertz CT molecular complexity index is 1250. The lowest BCUT2D eigenvalue weighted by atomic mass is 9.87. The van der Waals surface area contributed by atoms with Gasteiger partial charge < -0.3 is 5.32 Å². The second kappa shape index (κ2) is 9.11.